The first kappa shape index (κ1) is 24.1. The topological polar surface area (TPSA) is 73.7 Å². The minimum absolute atomic E-state index is 0.0877. The van der Waals surface area contributed by atoms with Gasteiger partial charge in [-0.1, -0.05) is 75.4 Å². The molecule has 0 aromatic heterocycles. The maximum absolute atomic E-state index is 12.3. The highest BCUT2D eigenvalue weighted by Crippen LogP contribution is 2.24. The highest BCUT2D eigenvalue weighted by Gasteiger charge is 2.14. The van der Waals surface area contributed by atoms with Crippen molar-refractivity contribution in [3.8, 4) is 0 Å². The molecule has 0 saturated carbocycles. The number of benzene rings is 2. The fraction of sp³-hybridized carbons (Fsp3) is 0.458. The van der Waals surface area contributed by atoms with Crippen LogP contribution in [0.15, 0.2) is 59.6 Å². The maximum Gasteiger partial charge on any atom is 0.191 e. The predicted octanol–water partition coefficient (Wildman–Crippen LogP) is 3.52. The summed E-state index contributed by atoms with van der Waals surface area (Å²) in [6, 6.07) is 17.9. The summed E-state index contributed by atoms with van der Waals surface area (Å²) in [7, 11) is -0.938. The lowest BCUT2D eigenvalue weighted by Crippen LogP contribution is -2.39. The Balaban J connectivity index is 1.85. The lowest BCUT2D eigenvalue weighted by Gasteiger charge is -2.20. The van der Waals surface area contributed by atoms with Crippen molar-refractivity contribution in [2.45, 2.75) is 45.0 Å². The summed E-state index contributed by atoms with van der Waals surface area (Å²) in [5.74, 6) is 1.72. The van der Waals surface area contributed by atoms with Crippen LogP contribution in [0.1, 0.15) is 50.5 Å². The van der Waals surface area contributed by atoms with E-state index in [-0.39, 0.29) is 12.0 Å². The molecule has 0 heterocycles. The molecule has 6 heteroatoms. The molecule has 5 nitrogen and oxygen atoms in total. The molecule has 3 N–H and O–H groups in total. The van der Waals surface area contributed by atoms with Crippen LogP contribution in [0.4, 0.5) is 0 Å². The molecule has 2 unspecified atom stereocenters. The monoisotopic (exact) mass is 429 g/mol. The highest BCUT2D eigenvalue weighted by atomic mass is 32.2. The number of hydrogen-bond acceptors (Lipinski definition) is 3. The van der Waals surface area contributed by atoms with Crippen LogP contribution in [0.3, 0.4) is 0 Å². The minimum atomic E-state index is -0.938. The van der Waals surface area contributed by atoms with Crippen molar-refractivity contribution in [1.82, 2.24) is 10.6 Å². The van der Waals surface area contributed by atoms with Gasteiger partial charge in [0.1, 0.15) is 0 Å². The van der Waals surface area contributed by atoms with Crippen LogP contribution in [-0.4, -0.2) is 40.7 Å². The van der Waals surface area contributed by atoms with Gasteiger partial charge < -0.3 is 15.7 Å². The number of aliphatic hydroxyl groups is 1. The zero-order chi connectivity index (χ0) is 22.0. The summed E-state index contributed by atoms with van der Waals surface area (Å²) in [6.45, 7) is 10.0. The number of guanidine groups is 1. The lowest BCUT2D eigenvalue weighted by atomic mass is 9.86. The van der Waals surface area contributed by atoms with Gasteiger partial charge in [0.2, 0.25) is 0 Å². The van der Waals surface area contributed by atoms with E-state index >= 15 is 0 Å². The molecular formula is C24H35N3O2S. The zero-order valence-corrected chi connectivity index (χ0v) is 19.3. The zero-order valence-electron chi connectivity index (χ0n) is 18.5. The SMILES string of the molecule is CCNC(=NCC(O)c1ccc(C(C)(C)C)cc1)NCCS(=O)Cc1ccccc1. The Bertz CT molecular complexity index is 815. The molecule has 0 fully saturated rings. The summed E-state index contributed by atoms with van der Waals surface area (Å²) in [5.41, 5.74) is 3.26. The number of nitrogens with one attached hydrogen (secondary N) is 2. The van der Waals surface area contributed by atoms with E-state index < -0.39 is 16.9 Å². The largest absolute Gasteiger partial charge is 0.386 e. The van der Waals surface area contributed by atoms with E-state index in [2.05, 4.69) is 48.5 Å². The quantitative estimate of drug-likeness (QED) is 0.421. The Hall–Kier alpha value is -2.18. The second-order valence-electron chi connectivity index (χ2n) is 8.31. The van der Waals surface area contributed by atoms with Crippen molar-refractivity contribution in [1.29, 1.82) is 0 Å². The number of nitrogens with zero attached hydrogens (tertiary/aromatic N) is 1. The van der Waals surface area contributed by atoms with E-state index in [4.69, 9.17) is 0 Å². The van der Waals surface area contributed by atoms with Crippen LogP contribution < -0.4 is 10.6 Å². The molecule has 2 aromatic rings. The Labute approximate surface area is 183 Å². The molecule has 0 radical (unpaired) electrons. The van der Waals surface area contributed by atoms with Crippen molar-refractivity contribution in [2.24, 2.45) is 4.99 Å². The standard InChI is InChI=1S/C24H35N3O2S/c1-5-25-23(26-15-16-30(29)18-19-9-7-6-8-10-19)27-17-22(28)20-11-13-21(14-12-20)24(2,3)4/h6-14,22,28H,5,15-18H2,1-4H3,(H2,25,26,27). The Morgan fingerprint density at radius 3 is 2.33 bits per heavy atom. The van der Waals surface area contributed by atoms with Gasteiger partial charge in [0.15, 0.2) is 5.96 Å². The Morgan fingerprint density at radius 1 is 1.07 bits per heavy atom. The number of hydrogen-bond donors (Lipinski definition) is 3. The molecule has 0 amide bonds. The molecule has 2 aromatic carbocycles. The first-order valence-electron chi connectivity index (χ1n) is 10.5. The van der Waals surface area contributed by atoms with Crippen molar-refractivity contribution in [3.63, 3.8) is 0 Å². The summed E-state index contributed by atoms with van der Waals surface area (Å²) in [5, 5.41) is 16.9. The molecule has 0 spiro atoms. The van der Waals surface area contributed by atoms with Gasteiger partial charge >= 0.3 is 0 Å². The lowest BCUT2D eigenvalue weighted by molar-refractivity contribution is 0.187. The van der Waals surface area contributed by atoms with Gasteiger partial charge in [0.05, 0.1) is 12.6 Å². The molecule has 2 rings (SSSR count). The molecule has 0 saturated heterocycles. The van der Waals surface area contributed by atoms with Crippen LogP contribution in [0.2, 0.25) is 0 Å². The van der Waals surface area contributed by atoms with Crippen LogP contribution in [-0.2, 0) is 22.0 Å². The fourth-order valence-corrected chi connectivity index (χ4v) is 3.98. The first-order valence-corrected chi connectivity index (χ1v) is 12.0. The third kappa shape index (κ3) is 8.28. The van der Waals surface area contributed by atoms with Gasteiger partial charge in [-0.25, -0.2) is 0 Å². The van der Waals surface area contributed by atoms with Crippen molar-refractivity contribution in [2.75, 3.05) is 25.4 Å². The first-order chi connectivity index (χ1) is 14.3. The molecule has 30 heavy (non-hydrogen) atoms. The van der Waals surface area contributed by atoms with E-state index in [1.165, 1.54) is 5.56 Å². The van der Waals surface area contributed by atoms with Crippen molar-refractivity contribution >= 4 is 16.8 Å². The average Bonchev–Trinajstić information content (AvgIpc) is 2.72. The fourth-order valence-electron chi connectivity index (χ4n) is 2.95. The smallest absolute Gasteiger partial charge is 0.191 e. The molecule has 0 bridgehead atoms. The normalized spacial score (nSPS) is 14.2. The number of aliphatic imine (C=N–C) groups is 1. The van der Waals surface area contributed by atoms with Crippen molar-refractivity contribution < 1.29 is 9.32 Å². The third-order valence-corrected chi connectivity index (χ3v) is 6.04. The molecule has 0 aliphatic carbocycles. The maximum atomic E-state index is 12.3. The number of rotatable bonds is 9. The second-order valence-corrected chi connectivity index (χ2v) is 9.88. The summed E-state index contributed by atoms with van der Waals surface area (Å²) < 4.78 is 12.3. The van der Waals surface area contributed by atoms with Crippen LogP contribution in [0.5, 0.6) is 0 Å². The van der Waals surface area contributed by atoms with E-state index in [0.29, 0.717) is 24.0 Å². The Morgan fingerprint density at radius 2 is 1.73 bits per heavy atom. The van der Waals surface area contributed by atoms with Gasteiger partial charge in [0.25, 0.3) is 0 Å². The number of aliphatic hydroxyl groups excluding tert-OH is 1. The third-order valence-electron chi connectivity index (χ3n) is 4.72. The van der Waals surface area contributed by atoms with Crippen LogP contribution in [0.25, 0.3) is 0 Å². The highest BCUT2D eigenvalue weighted by molar-refractivity contribution is 7.84. The summed E-state index contributed by atoms with van der Waals surface area (Å²) >= 11 is 0. The molecule has 164 valence electrons. The van der Waals surface area contributed by atoms with Crippen LogP contribution >= 0.6 is 0 Å². The summed E-state index contributed by atoms with van der Waals surface area (Å²) in [6.07, 6.45) is -0.665. The van der Waals surface area contributed by atoms with Gasteiger partial charge in [-0.15, -0.1) is 0 Å². The molecular weight excluding hydrogens is 394 g/mol. The molecule has 0 aliphatic rings. The molecule has 2 atom stereocenters. The molecule has 0 aliphatic heterocycles. The van der Waals surface area contributed by atoms with Gasteiger partial charge in [0, 0.05) is 35.4 Å². The average molecular weight is 430 g/mol. The van der Waals surface area contributed by atoms with Gasteiger partial charge in [-0.3, -0.25) is 9.20 Å². The Kier molecular flexibility index (Phi) is 9.53. The van der Waals surface area contributed by atoms with Crippen LogP contribution in [0, 0.1) is 0 Å². The summed E-state index contributed by atoms with van der Waals surface area (Å²) in [4.78, 5) is 4.49. The van der Waals surface area contributed by atoms with E-state index in [1.807, 2.05) is 49.4 Å². The van der Waals surface area contributed by atoms with E-state index in [9.17, 15) is 9.32 Å². The predicted molar refractivity (Wildman–Crippen MR) is 127 cm³/mol. The second kappa shape index (κ2) is 11.9. The van der Waals surface area contributed by atoms with Crippen molar-refractivity contribution in [3.05, 3.63) is 71.3 Å². The van der Waals surface area contributed by atoms with Gasteiger partial charge in [-0.05, 0) is 29.0 Å². The van der Waals surface area contributed by atoms with E-state index in [0.717, 1.165) is 17.7 Å². The van der Waals surface area contributed by atoms with Gasteiger partial charge in [-0.2, -0.15) is 0 Å². The van der Waals surface area contributed by atoms with E-state index in [1.54, 1.807) is 0 Å². The minimum Gasteiger partial charge on any atom is -0.386 e.